The van der Waals surface area contributed by atoms with Crippen molar-refractivity contribution < 1.29 is 24.2 Å². The van der Waals surface area contributed by atoms with E-state index < -0.39 is 6.29 Å². The Bertz CT molecular complexity index is 1210. The summed E-state index contributed by atoms with van der Waals surface area (Å²) in [5, 5.41) is 15.8. The summed E-state index contributed by atoms with van der Waals surface area (Å²) in [4.78, 5) is 31.9. The summed E-state index contributed by atoms with van der Waals surface area (Å²) in [6, 6.07) is 17.1. The molecule has 3 aromatic rings. The normalized spacial score (nSPS) is 18.7. The molecule has 1 fully saturated rings. The van der Waals surface area contributed by atoms with Gasteiger partial charge in [-0.05, 0) is 42.2 Å². The Morgan fingerprint density at radius 2 is 1.70 bits per heavy atom. The van der Waals surface area contributed by atoms with Crippen LogP contribution in [0.5, 0.6) is 0 Å². The number of nitrogens with zero attached hydrogens (tertiary/aromatic N) is 2. The maximum atomic E-state index is 12.4. The summed E-state index contributed by atoms with van der Waals surface area (Å²) < 4.78 is 12.8. The number of aliphatic hydroxyl groups is 1. The van der Waals surface area contributed by atoms with Crippen LogP contribution in [0, 0.1) is 0 Å². The third-order valence-electron chi connectivity index (χ3n) is 6.48. The highest BCUT2D eigenvalue weighted by molar-refractivity contribution is 7.99. The monoisotopic (exact) mass is 564 g/mol. The smallest absolute Gasteiger partial charge is 0.224 e. The second-order valence-electron chi connectivity index (χ2n) is 9.66. The van der Waals surface area contributed by atoms with E-state index in [9.17, 15) is 14.7 Å². The van der Waals surface area contributed by atoms with Crippen molar-refractivity contribution in [3.05, 3.63) is 83.7 Å². The second-order valence-corrected chi connectivity index (χ2v) is 10.6. The van der Waals surface area contributed by atoms with Gasteiger partial charge in [0, 0.05) is 55.7 Å². The number of thioether (sulfide) groups is 1. The lowest BCUT2D eigenvalue weighted by Gasteiger charge is -2.36. The van der Waals surface area contributed by atoms with Crippen molar-refractivity contribution >= 4 is 29.3 Å². The Kier molecular flexibility index (Phi) is 11.5. The molecule has 1 saturated heterocycles. The largest absolute Gasteiger partial charge is 0.392 e. The Labute approximate surface area is 239 Å². The van der Waals surface area contributed by atoms with Crippen LogP contribution < -0.4 is 10.6 Å². The minimum absolute atomic E-state index is 0.00459. The average molecular weight is 565 g/mol. The SMILES string of the molecule is CC(=O)NCCCCCC(=O)Nc1ccc(C2OC(CSc3ncccn3)CC(c3ccc(CO)cc3)O2)cc1. The molecule has 1 aromatic heterocycles. The van der Waals surface area contributed by atoms with Crippen molar-refractivity contribution in [1.29, 1.82) is 0 Å². The number of rotatable bonds is 13. The highest BCUT2D eigenvalue weighted by atomic mass is 32.2. The number of aliphatic hydroxyl groups excluding tert-OH is 1. The minimum atomic E-state index is -0.577. The molecule has 0 saturated carbocycles. The molecule has 0 radical (unpaired) electrons. The fraction of sp³-hybridized carbons (Fsp3) is 0.400. The molecule has 1 aliphatic heterocycles. The molecule has 212 valence electrons. The van der Waals surface area contributed by atoms with E-state index in [1.165, 1.54) is 6.92 Å². The first-order valence-electron chi connectivity index (χ1n) is 13.5. The zero-order chi connectivity index (χ0) is 28.2. The number of hydrogen-bond donors (Lipinski definition) is 3. The number of ether oxygens (including phenoxy) is 2. The standard InChI is InChI=1S/C30H36N4O5S/c1-21(36)31-15-4-2-3-6-28(37)34-25-13-11-24(12-14-25)29-38-26(20-40-30-32-16-5-17-33-30)18-27(39-29)23-9-7-22(19-35)8-10-23/h5,7-14,16-17,26-27,29,35H,2-4,6,15,18-20H2,1H3,(H,31,36)(H,34,37). The third-order valence-corrected chi connectivity index (χ3v) is 7.48. The van der Waals surface area contributed by atoms with E-state index >= 15 is 0 Å². The Morgan fingerprint density at radius 1 is 0.975 bits per heavy atom. The summed E-state index contributed by atoms with van der Waals surface area (Å²) in [6.07, 6.45) is 6.20. The lowest BCUT2D eigenvalue weighted by Crippen LogP contribution is -2.31. The van der Waals surface area contributed by atoms with E-state index in [1.54, 1.807) is 30.2 Å². The van der Waals surface area contributed by atoms with Crippen LogP contribution in [-0.4, -0.2) is 45.3 Å². The maximum Gasteiger partial charge on any atom is 0.224 e. The molecule has 40 heavy (non-hydrogen) atoms. The molecular formula is C30H36N4O5S. The van der Waals surface area contributed by atoms with Crippen LogP contribution >= 0.6 is 11.8 Å². The predicted molar refractivity (Wildman–Crippen MR) is 153 cm³/mol. The summed E-state index contributed by atoms with van der Waals surface area (Å²) in [6.45, 7) is 2.13. The van der Waals surface area contributed by atoms with Crippen molar-refractivity contribution in [2.45, 2.75) is 69.3 Å². The van der Waals surface area contributed by atoms with E-state index in [0.717, 1.165) is 36.0 Å². The average Bonchev–Trinajstić information content (AvgIpc) is 2.98. The molecule has 2 amide bonds. The fourth-order valence-corrected chi connectivity index (χ4v) is 5.17. The van der Waals surface area contributed by atoms with Gasteiger partial charge in [0.1, 0.15) is 0 Å². The molecule has 2 aromatic carbocycles. The molecule has 2 heterocycles. The van der Waals surface area contributed by atoms with Gasteiger partial charge < -0.3 is 25.2 Å². The van der Waals surface area contributed by atoms with Crippen LogP contribution in [0.25, 0.3) is 0 Å². The maximum absolute atomic E-state index is 12.4. The van der Waals surface area contributed by atoms with Gasteiger partial charge in [-0.25, -0.2) is 9.97 Å². The van der Waals surface area contributed by atoms with Crippen molar-refractivity contribution in [2.24, 2.45) is 0 Å². The van der Waals surface area contributed by atoms with E-state index in [4.69, 9.17) is 9.47 Å². The fourth-order valence-electron chi connectivity index (χ4n) is 4.35. The Morgan fingerprint density at radius 3 is 2.40 bits per heavy atom. The topological polar surface area (TPSA) is 123 Å². The van der Waals surface area contributed by atoms with Gasteiger partial charge >= 0.3 is 0 Å². The molecule has 3 unspecified atom stereocenters. The molecule has 9 nitrogen and oxygen atoms in total. The van der Waals surface area contributed by atoms with Crippen LogP contribution in [0.2, 0.25) is 0 Å². The predicted octanol–water partition coefficient (Wildman–Crippen LogP) is 4.94. The number of carbonyl (C=O) groups is 2. The first-order chi connectivity index (χ1) is 19.5. The number of aromatic nitrogens is 2. The van der Waals surface area contributed by atoms with Crippen LogP contribution in [0.15, 0.2) is 72.1 Å². The Balaban J connectivity index is 1.35. The number of hydrogen-bond acceptors (Lipinski definition) is 8. The number of carbonyl (C=O) groups excluding carboxylic acids is 2. The van der Waals surface area contributed by atoms with Gasteiger partial charge in [-0.3, -0.25) is 9.59 Å². The second kappa shape index (κ2) is 15.5. The zero-order valence-electron chi connectivity index (χ0n) is 22.6. The van der Waals surface area contributed by atoms with E-state index in [1.807, 2.05) is 48.5 Å². The molecule has 0 spiro atoms. The lowest BCUT2D eigenvalue weighted by molar-refractivity contribution is -0.245. The van der Waals surface area contributed by atoms with Crippen molar-refractivity contribution in [2.75, 3.05) is 17.6 Å². The number of benzene rings is 2. The van der Waals surface area contributed by atoms with Crippen LogP contribution in [0.3, 0.4) is 0 Å². The molecule has 0 aliphatic carbocycles. The van der Waals surface area contributed by atoms with Crippen molar-refractivity contribution in [3.8, 4) is 0 Å². The van der Waals surface area contributed by atoms with Gasteiger partial charge in [-0.15, -0.1) is 0 Å². The summed E-state index contributed by atoms with van der Waals surface area (Å²) in [5.74, 6) is 0.603. The molecule has 4 rings (SSSR count). The molecule has 0 bridgehead atoms. The van der Waals surface area contributed by atoms with Crippen molar-refractivity contribution in [1.82, 2.24) is 15.3 Å². The van der Waals surface area contributed by atoms with Gasteiger partial charge in [0.2, 0.25) is 11.8 Å². The van der Waals surface area contributed by atoms with E-state index in [2.05, 4.69) is 20.6 Å². The minimum Gasteiger partial charge on any atom is -0.392 e. The highest BCUT2D eigenvalue weighted by Crippen LogP contribution is 2.39. The highest BCUT2D eigenvalue weighted by Gasteiger charge is 2.32. The third kappa shape index (κ3) is 9.41. The molecule has 1 aliphatic rings. The van der Waals surface area contributed by atoms with Gasteiger partial charge in [0.05, 0.1) is 18.8 Å². The van der Waals surface area contributed by atoms with Gasteiger partial charge in [-0.2, -0.15) is 0 Å². The summed E-state index contributed by atoms with van der Waals surface area (Å²) in [7, 11) is 0. The molecule has 3 atom stereocenters. The van der Waals surface area contributed by atoms with E-state index in [0.29, 0.717) is 36.0 Å². The Hall–Kier alpha value is -3.31. The molecule has 10 heteroatoms. The number of anilines is 1. The summed E-state index contributed by atoms with van der Waals surface area (Å²) >= 11 is 1.55. The van der Waals surface area contributed by atoms with E-state index in [-0.39, 0.29) is 30.6 Å². The van der Waals surface area contributed by atoms with Gasteiger partial charge in [0.15, 0.2) is 11.4 Å². The quantitative estimate of drug-likeness (QED) is 0.152. The number of unbranched alkanes of at least 4 members (excludes halogenated alkanes) is 2. The molecular weight excluding hydrogens is 528 g/mol. The van der Waals surface area contributed by atoms with Gasteiger partial charge in [-0.1, -0.05) is 54.6 Å². The van der Waals surface area contributed by atoms with Crippen LogP contribution in [-0.2, 0) is 25.7 Å². The number of amides is 2. The first-order valence-corrected chi connectivity index (χ1v) is 14.5. The van der Waals surface area contributed by atoms with Crippen molar-refractivity contribution in [3.63, 3.8) is 0 Å². The van der Waals surface area contributed by atoms with Gasteiger partial charge in [0.25, 0.3) is 0 Å². The van der Waals surface area contributed by atoms with Crippen LogP contribution in [0.4, 0.5) is 5.69 Å². The first kappa shape index (κ1) is 29.7. The number of nitrogens with one attached hydrogen (secondary N) is 2. The zero-order valence-corrected chi connectivity index (χ0v) is 23.4. The van der Waals surface area contributed by atoms with Crippen LogP contribution in [0.1, 0.15) is 68.1 Å². The summed E-state index contributed by atoms with van der Waals surface area (Å²) in [5.41, 5.74) is 3.45. The lowest BCUT2D eigenvalue weighted by atomic mass is 10.0. The molecule has 3 N–H and O–H groups in total.